The highest BCUT2D eigenvalue weighted by molar-refractivity contribution is 5.79. The molecule has 0 unspecified atom stereocenters. The van der Waals surface area contributed by atoms with Crippen LogP contribution in [-0.4, -0.2) is 65.2 Å². The number of carbonyl (C=O) groups excluding carboxylic acids is 1. The number of ether oxygens (including phenoxy) is 2. The molecule has 1 fully saturated rings. The average Bonchev–Trinajstić information content (AvgIpc) is 3.26. The van der Waals surface area contributed by atoms with Gasteiger partial charge in [-0.15, -0.1) is 0 Å². The van der Waals surface area contributed by atoms with Crippen molar-refractivity contribution in [3.8, 4) is 28.4 Å². The fraction of sp³-hybridized carbons (Fsp3) is 0.444. The zero-order valence-corrected chi connectivity index (χ0v) is 20.4. The van der Waals surface area contributed by atoms with Crippen molar-refractivity contribution in [2.24, 2.45) is 5.92 Å². The lowest BCUT2D eigenvalue weighted by molar-refractivity contribution is -0.120. The van der Waals surface area contributed by atoms with Crippen molar-refractivity contribution in [2.45, 2.75) is 33.2 Å². The lowest BCUT2D eigenvalue weighted by Gasteiger charge is -2.26. The van der Waals surface area contributed by atoms with Crippen LogP contribution in [0, 0.1) is 5.92 Å². The van der Waals surface area contributed by atoms with Gasteiger partial charge in [-0.25, -0.2) is 4.98 Å². The maximum absolute atomic E-state index is 12.6. The van der Waals surface area contributed by atoms with E-state index in [2.05, 4.69) is 48.0 Å². The summed E-state index contributed by atoms with van der Waals surface area (Å²) in [6, 6.07) is 10.5. The molecule has 1 aliphatic rings. The normalized spacial score (nSPS) is 14.5. The van der Waals surface area contributed by atoms with E-state index in [9.17, 15) is 4.79 Å². The Morgan fingerprint density at radius 2 is 1.88 bits per heavy atom. The molecule has 0 saturated carbocycles. The molecule has 180 valence electrons. The predicted octanol–water partition coefficient (Wildman–Crippen LogP) is 4.11. The third-order valence-corrected chi connectivity index (χ3v) is 6.04. The smallest absolute Gasteiger partial charge is 0.152 e. The van der Waals surface area contributed by atoms with Crippen LogP contribution in [0.4, 0.5) is 0 Å². The summed E-state index contributed by atoms with van der Waals surface area (Å²) in [5, 5.41) is 0. The minimum absolute atomic E-state index is 0.189. The maximum atomic E-state index is 12.6. The van der Waals surface area contributed by atoms with E-state index in [1.165, 1.54) is 5.56 Å². The predicted molar refractivity (Wildman–Crippen MR) is 133 cm³/mol. The van der Waals surface area contributed by atoms with Gasteiger partial charge in [0, 0.05) is 49.6 Å². The number of imidazole rings is 1. The molecule has 3 heterocycles. The van der Waals surface area contributed by atoms with Crippen molar-refractivity contribution in [1.29, 1.82) is 0 Å². The molecular formula is C27H34N4O3. The summed E-state index contributed by atoms with van der Waals surface area (Å²) in [5.74, 6) is 1.89. The fourth-order valence-corrected chi connectivity index (χ4v) is 4.22. The van der Waals surface area contributed by atoms with Gasteiger partial charge in [-0.1, -0.05) is 38.1 Å². The van der Waals surface area contributed by atoms with E-state index in [0.717, 1.165) is 61.9 Å². The zero-order valence-electron chi connectivity index (χ0n) is 20.4. The van der Waals surface area contributed by atoms with E-state index in [1.807, 2.05) is 16.8 Å². The van der Waals surface area contributed by atoms with Crippen LogP contribution < -0.4 is 4.74 Å². The lowest BCUT2D eigenvalue weighted by Crippen LogP contribution is -2.37. The summed E-state index contributed by atoms with van der Waals surface area (Å²) < 4.78 is 12.7. The SMILES string of the molecule is COc1cncc(-c2nc(-c3ccc(CCN4CCOCC4)cc3)cn2CC(=O)CC(C)C)c1. The molecule has 3 aromatic rings. The maximum Gasteiger partial charge on any atom is 0.152 e. The van der Waals surface area contributed by atoms with Gasteiger partial charge in [-0.2, -0.15) is 0 Å². The zero-order chi connectivity index (χ0) is 23.9. The van der Waals surface area contributed by atoms with Crippen LogP contribution in [0.25, 0.3) is 22.6 Å². The number of ketones is 1. The summed E-state index contributed by atoms with van der Waals surface area (Å²) in [6.45, 7) is 9.12. The van der Waals surface area contributed by atoms with Crippen molar-refractivity contribution >= 4 is 5.78 Å². The van der Waals surface area contributed by atoms with E-state index in [1.54, 1.807) is 19.5 Å². The first-order chi connectivity index (χ1) is 16.5. The molecule has 7 nitrogen and oxygen atoms in total. The topological polar surface area (TPSA) is 69.5 Å². The summed E-state index contributed by atoms with van der Waals surface area (Å²) in [7, 11) is 1.62. The number of rotatable bonds is 10. The Hall–Kier alpha value is -3.03. The molecule has 34 heavy (non-hydrogen) atoms. The lowest BCUT2D eigenvalue weighted by atomic mass is 10.1. The Morgan fingerprint density at radius 1 is 1.12 bits per heavy atom. The molecule has 0 bridgehead atoms. The first-order valence-corrected chi connectivity index (χ1v) is 12.0. The molecule has 0 spiro atoms. The molecule has 7 heteroatoms. The molecule has 1 saturated heterocycles. The average molecular weight is 463 g/mol. The van der Waals surface area contributed by atoms with Gasteiger partial charge in [-0.3, -0.25) is 14.7 Å². The summed E-state index contributed by atoms with van der Waals surface area (Å²) >= 11 is 0. The van der Waals surface area contributed by atoms with Gasteiger partial charge in [0.2, 0.25) is 0 Å². The summed E-state index contributed by atoms with van der Waals surface area (Å²) in [5.41, 5.74) is 4.00. The highest BCUT2D eigenvalue weighted by atomic mass is 16.5. The Bertz CT molecular complexity index is 1090. The van der Waals surface area contributed by atoms with Gasteiger partial charge in [0.15, 0.2) is 5.78 Å². The second kappa shape index (κ2) is 11.4. The van der Waals surface area contributed by atoms with Gasteiger partial charge in [0.1, 0.15) is 11.6 Å². The minimum atomic E-state index is 0.189. The van der Waals surface area contributed by atoms with E-state index in [-0.39, 0.29) is 12.3 Å². The Kier molecular flexibility index (Phi) is 8.08. The van der Waals surface area contributed by atoms with Gasteiger partial charge in [0.25, 0.3) is 0 Å². The number of nitrogens with zero attached hydrogens (tertiary/aromatic N) is 4. The van der Waals surface area contributed by atoms with Crippen molar-refractivity contribution in [1.82, 2.24) is 19.4 Å². The molecule has 2 aromatic heterocycles. The largest absolute Gasteiger partial charge is 0.495 e. The van der Waals surface area contributed by atoms with Crippen molar-refractivity contribution in [2.75, 3.05) is 40.0 Å². The van der Waals surface area contributed by atoms with Gasteiger partial charge < -0.3 is 14.0 Å². The number of pyridine rings is 1. The molecule has 1 aromatic carbocycles. The molecule has 0 N–H and O–H groups in total. The number of Topliss-reactive ketones (excluding diaryl/α,β-unsaturated/α-hetero) is 1. The van der Waals surface area contributed by atoms with Crippen LogP contribution in [-0.2, 0) is 22.5 Å². The van der Waals surface area contributed by atoms with Crippen molar-refractivity contribution in [3.63, 3.8) is 0 Å². The monoisotopic (exact) mass is 462 g/mol. The first-order valence-electron chi connectivity index (χ1n) is 12.0. The quantitative estimate of drug-likeness (QED) is 0.452. The van der Waals surface area contributed by atoms with Crippen LogP contribution in [0.15, 0.2) is 48.9 Å². The summed E-state index contributed by atoms with van der Waals surface area (Å²) in [6.07, 6.45) is 6.94. The number of hydrogen-bond acceptors (Lipinski definition) is 6. The van der Waals surface area contributed by atoms with E-state index >= 15 is 0 Å². The third-order valence-electron chi connectivity index (χ3n) is 6.04. The second-order valence-corrected chi connectivity index (χ2v) is 9.23. The number of aromatic nitrogens is 3. The number of carbonyl (C=O) groups is 1. The van der Waals surface area contributed by atoms with E-state index in [4.69, 9.17) is 14.5 Å². The third kappa shape index (κ3) is 6.30. The number of benzene rings is 1. The van der Waals surface area contributed by atoms with Gasteiger partial charge in [-0.05, 0) is 24.0 Å². The Balaban J connectivity index is 1.55. The standard InChI is InChI=1S/C27H34N4O3/c1-20(2)14-24(32)18-31-19-26(29-27(31)23-15-25(33-3)17-28-16-23)22-6-4-21(5-7-22)8-9-30-10-12-34-13-11-30/h4-7,15-17,19-20H,8-14,18H2,1-3H3. The number of methoxy groups -OCH3 is 1. The Morgan fingerprint density at radius 3 is 2.59 bits per heavy atom. The van der Waals surface area contributed by atoms with Gasteiger partial charge in [0.05, 0.1) is 38.8 Å². The molecule has 1 aliphatic heterocycles. The van der Waals surface area contributed by atoms with E-state index < -0.39 is 0 Å². The van der Waals surface area contributed by atoms with Crippen LogP contribution in [0.3, 0.4) is 0 Å². The number of morpholine rings is 1. The highest BCUT2D eigenvalue weighted by Crippen LogP contribution is 2.27. The Labute approximate surface area is 201 Å². The fourth-order valence-electron chi connectivity index (χ4n) is 4.22. The van der Waals surface area contributed by atoms with Gasteiger partial charge >= 0.3 is 0 Å². The molecule has 4 rings (SSSR count). The minimum Gasteiger partial charge on any atom is -0.495 e. The molecular weight excluding hydrogens is 428 g/mol. The van der Waals surface area contributed by atoms with Crippen molar-refractivity contribution in [3.05, 3.63) is 54.5 Å². The number of hydrogen-bond donors (Lipinski definition) is 0. The molecule has 0 amide bonds. The second-order valence-electron chi connectivity index (χ2n) is 9.23. The molecule has 0 atom stereocenters. The molecule has 0 radical (unpaired) electrons. The van der Waals surface area contributed by atoms with Crippen LogP contribution in [0.2, 0.25) is 0 Å². The van der Waals surface area contributed by atoms with Crippen LogP contribution in [0.5, 0.6) is 5.75 Å². The summed E-state index contributed by atoms with van der Waals surface area (Å²) in [4.78, 5) is 24.2. The first kappa shape index (κ1) is 24.1. The van der Waals surface area contributed by atoms with Crippen molar-refractivity contribution < 1.29 is 14.3 Å². The molecule has 0 aliphatic carbocycles. The van der Waals surface area contributed by atoms with Crippen LogP contribution in [0.1, 0.15) is 25.8 Å². The highest BCUT2D eigenvalue weighted by Gasteiger charge is 2.16. The van der Waals surface area contributed by atoms with E-state index in [0.29, 0.717) is 18.1 Å². The van der Waals surface area contributed by atoms with Crippen LogP contribution >= 0.6 is 0 Å².